The van der Waals surface area contributed by atoms with Crippen LogP contribution in [0.3, 0.4) is 0 Å². The van der Waals surface area contributed by atoms with Crippen molar-refractivity contribution in [2.24, 2.45) is 5.73 Å². The van der Waals surface area contributed by atoms with Crippen molar-refractivity contribution in [1.29, 1.82) is 0 Å². The monoisotopic (exact) mass is 222 g/mol. The molecule has 0 aliphatic rings. The van der Waals surface area contributed by atoms with Crippen molar-refractivity contribution in [3.63, 3.8) is 0 Å². The molecular weight excluding hydrogens is 211 g/mol. The van der Waals surface area contributed by atoms with Gasteiger partial charge in [0.25, 0.3) is 0 Å². The normalized spacial score (nSPS) is 12.9. The van der Waals surface area contributed by atoms with Gasteiger partial charge in [-0.2, -0.15) is 0 Å². The number of fused-ring (bicyclic) bond motifs is 1. The molecule has 1 unspecified atom stereocenters. The molecule has 0 spiro atoms. The number of aliphatic carboxylic acids is 1. The van der Waals surface area contributed by atoms with E-state index in [9.17, 15) is 9.18 Å². The maximum atomic E-state index is 13.3. The molecule has 0 saturated carbocycles. The predicted molar refractivity (Wildman–Crippen MR) is 57.6 cm³/mol. The minimum absolute atomic E-state index is 0.156. The summed E-state index contributed by atoms with van der Waals surface area (Å²) >= 11 is 0. The molecule has 16 heavy (non-hydrogen) atoms. The fraction of sp³-hybridized carbons (Fsp3) is 0.182. The average Bonchev–Trinajstić information content (AvgIpc) is 2.61. The molecule has 0 aliphatic heterocycles. The molecule has 0 radical (unpaired) electrons. The van der Waals surface area contributed by atoms with Gasteiger partial charge in [-0.3, -0.25) is 4.79 Å². The Bertz CT molecular complexity index is 536. The number of carboxylic acids is 1. The Labute approximate surface area is 90.9 Å². The van der Waals surface area contributed by atoms with Crippen molar-refractivity contribution in [2.45, 2.75) is 12.5 Å². The van der Waals surface area contributed by atoms with Gasteiger partial charge < -0.3 is 15.8 Å². The van der Waals surface area contributed by atoms with Gasteiger partial charge in [0.1, 0.15) is 11.9 Å². The number of nitrogens with two attached hydrogens (primary N) is 1. The first-order chi connectivity index (χ1) is 7.58. The van der Waals surface area contributed by atoms with Gasteiger partial charge in [0, 0.05) is 23.0 Å². The summed E-state index contributed by atoms with van der Waals surface area (Å²) in [5, 5.41) is 9.11. The Kier molecular flexibility index (Phi) is 2.62. The lowest BCUT2D eigenvalue weighted by Gasteiger charge is -2.02. The van der Waals surface area contributed by atoms with Gasteiger partial charge in [-0.05, 0) is 18.2 Å². The van der Waals surface area contributed by atoms with Gasteiger partial charge >= 0.3 is 5.97 Å². The molecule has 5 heteroatoms. The molecule has 0 amide bonds. The van der Waals surface area contributed by atoms with Crippen LogP contribution in [-0.4, -0.2) is 22.1 Å². The molecule has 1 heterocycles. The van der Waals surface area contributed by atoms with Gasteiger partial charge in [0.15, 0.2) is 0 Å². The molecule has 0 fully saturated rings. The number of hydrogen-bond acceptors (Lipinski definition) is 2. The van der Waals surface area contributed by atoms with Gasteiger partial charge in [0.2, 0.25) is 0 Å². The summed E-state index contributed by atoms with van der Waals surface area (Å²) in [7, 11) is 0. The fourth-order valence-electron chi connectivity index (χ4n) is 1.61. The van der Waals surface area contributed by atoms with E-state index in [2.05, 4.69) is 4.98 Å². The highest BCUT2D eigenvalue weighted by atomic mass is 19.1. The van der Waals surface area contributed by atoms with E-state index in [4.69, 9.17) is 10.8 Å². The Morgan fingerprint density at radius 3 is 2.94 bits per heavy atom. The number of benzene rings is 1. The summed E-state index contributed by atoms with van der Waals surface area (Å²) < 4.78 is 13.3. The van der Waals surface area contributed by atoms with Gasteiger partial charge in [-0.1, -0.05) is 6.07 Å². The lowest BCUT2D eigenvalue weighted by molar-refractivity contribution is -0.138. The fourth-order valence-corrected chi connectivity index (χ4v) is 1.61. The molecule has 4 nitrogen and oxygen atoms in total. The van der Waals surface area contributed by atoms with Crippen molar-refractivity contribution in [3.05, 3.63) is 35.8 Å². The largest absolute Gasteiger partial charge is 0.480 e. The smallest absolute Gasteiger partial charge is 0.320 e. The van der Waals surface area contributed by atoms with Crippen molar-refractivity contribution in [2.75, 3.05) is 0 Å². The molecule has 4 N–H and O–H groups in total. The molecule has 1 atom stereocenters. The number of hydrogen-bond donors (Lipinski definition) is 3. The van der Waals surface area contributed by atoms with Crippen LogP contribution in [0.1, 0.15) is 5.69 Å². The maximum Gasteiger partial charge on any atom is 0.320 e. The average molecular weight is 222 g/mol. The lowest BCUT2D eigenvalue weighted by atomic mass is 10.1. The maximum absolute atomic E-state index is 13.3. The van der Waals surface area contributed by atoms with Gasteiger partial charge in [0.05, 0.1) is 0 Å². The van der Waals surface area contributed by atoms with E-state index in [-0.39, 0.29) is 12.2 Å². The number of halogens is 1. The lowest BCUT2D eigenvalue weighted by Crippen LogP contribution is -2.32. The van der Waals surface area contributed by atoms with Crippen molar-refractivity contribution >= 4 is 16.9 Å². The summed E-state index contributed by atoms with van der Waals surface area (Å²) in [5.74, 6) is -1.40. The third kappa shape index (κ3) is 1.90. The van der Waals surface area contributed by atoms with Gasteiger partial charge in [-0.25, -0.2) is 4.39 Å². The van der Waals surface area contributed by atoms with Crippen LogP contribution in [0.2, 0.25) is 0 Å². The summed E-state index contributed by atoms with van der Waals surface area (Å²) in [4.78, 5) is 13.5. The van der Waals surface area contributed by atoms with Crippen LogP contribution in [0.5, 0.6) is 0 Å². The summed E-state index contributed by atoms with van der Waals surface area (Å²) in [5.41, 5.74) is 6.66. The van der Waals surface area contributed by atoms with E-state index in [1.165, 1.54) is 6.07 Å². The second kappa shape index (κ2) is 3.94. The third-order valence-corrected chi connectivity index (χ3v) is 2.42. The number of nitrogens with one attached hydrogen (secondary N) is 1. The molecule has 2 aromatic rings. The van der Waals surface area contributed by atoms with Crippen LogP contribution in [0, 0.1) is 5.82 Å². The molecule has 84 valence electrons. The zero-order chi connectivity index (χ0) is 11.7. The SMILES string of the molecule is NC(Cc1cc2c(F)cccc2[nH]1)C(=O)O. The highest BCUT2D eigenvalue weighted by Gasteiger charge is 2.14. The van der Waals surface area contributed by atoms with Crippen LogP contribution in [0.4, 0.5) is 4.39 Å². The van der Waals surface area contributed by atoms with E-state index < -0.39 is 12.0 Å². The van der Waals surface area contributed by atoms with Crippen molar-refractivity contribution < 1.29 is 14.3 Å². The van der Waals surface area contributed by atoms with Crippen molar-refractivity contribution in [1.82, 2.24) is 4.98 Å². The van der Waals surface area contributed by atoms with E-state index in [0.29, 0.717) is 16.6 Å². The first-order valence-electron chi connectivity index (χ1n) is 4.82. The first kappa shape index (κ1) is 10.6. The van der Waals surface area contributed by atoms with Crippen molar-refractivity contribution in [3.8, 4) is 0 Å². The van der Waals surface area contributed by atoms with E-state index in [1.54, 1.807) is 18.2 Å². The minimum atomic E-state index is -1.07. The van der Waals surface area contributed by atoms with Crippen LogP contribution in [0.15, 0.2) is 24.3 Å². The molecule has 1 aromatic heterocycles. The zero-order valence-corrected chi connectivity index (χ0v) is 8.40. The highest BCUT2D eigenvalue weighted by Crippen LogP contribution is 2.19. The Morgan fingerprint density at radius 2 is 2.31 bits per heavy atom. The standard InChI is InChI=1S/C11H11FN2O2/c12-8-2-1-3-10-7(8)4-6(14-10)5-9(13)11(15)16/h1-4,9,14H,5,13H2,(H,15,16). The molecule has 0 aliphatic carbocycles. The minimum Gasteiger partial charge on any atom is -0.480 e. The Hall–Kier alpha value is -1.88. The second-order valence-electron chi connectivity index (χ2n) is 3.64. The number of rotatable bonds is 3. The number of aromatic amines is 1. The second-order valence-corrected chi connectivity index (χ2v) is 3.64. The number of H-pyrrole nitrogens is 1. The molecule has 0 saturated heterocycles. The topological polar surface area (TPSA) is 79.1 Å². The molecule has 1 aromatic carbocycles. The number of aromatic nitrogens is 1. The Morgan fingerprint density at radius 1 is 1.56 bits per heavy atom. The summed E-state index contributed by atoms with van der Waals surface area (Å²) in [6.07, 6.45) is 0.156. The molecular formula is C11H11FN2O2. The van der Waals surface area contributed by atoms with Crippen LogP contribution >= 0.6 is 0 Å². The van der Waals surface area contributed by atoms with Crippen LogP contribution in [-0.2, 0) is 11.2 Å². The molecule has 0 bridgehead atoms. The van der Waals surface area contributed by atoms with Gasteiger partial charge in [-0.15, -0.1) is 0 Å². The number of carbonyl (C=O) groups is 1. The summed E-state index contributed by atoms with van der Waals surface area (Å²) in [6, 6.07) is 5.30. The van der Waals surface area contributed by atoms with E-state index in [1.807, 2.05) is 0 Å². The number of carboxylic acid groups (broad SMARTS) is 1. The molecule has 2 rings (SSSR count). The Balaban J connectivity index is 2.33. The third-order valence-electron chi connectivity index (χ3n) is 2.42. The predicted octanol–water partition coefficient (Wildman–Crippen LogP) is 1.26. The quantitative estimate of drug-likeness (QED) is 0.731. The van der Waals surface area contributed by atoms with Crippen LogP contribution < -0.4 is 5.73 Å². The van der Waals surface area contributed by atoms with E-state index in [0.717, 1.165) is 0 Å². The highest BCUT2D eigenvalue weighted by molar-refractivity contribution is 5.81. The summed E-state index contributed by atoms with van der Waals surface area (Å²) in [6.45, 7) is 0. The first-order valence-corrected chi connectivity index (χ1v) is 4.82. The van der Waals surface area contributed by atoms with Crippen LogP contribution in [0.25, 0.3) is 10.9 Å². The van der Waals surface area contributed by atoms with E-state index >= 15 is 0 Å². The zero-order valence-electron chi connectivity index (χ0n) is 8.40.